The van der Waals surface area contributed by atoms with Crippen LogP contribution in [0.5, 0.6) is 0 Å². The first-order chi connectivity index (χ1) is 9.06. The van der Waals surface area contributed by atoms with Gasteiger partial charge in [0.2, 0.25) is 0 Å². The summed E-state index contributed by atoms with van der Waals surface area (Å²) in [5.41, 5.74) is 3.53. The van der Waals surface area contributed by atoms with Crippen molar-refractivity contribution in [2.75, 3.05) is 5.32 Å². The number of anilines is 1. The maximum absolute atomic E-state index is 6.13. The zero-order valence-electron chi connectivity index (χ0n) is 11.1. The maximum atomic E-state index is 6.13. The van der Waals surface area contributed by atoms with Gasteiger partial charge in [-0.3, -0.25) is 0 Å². The largest absolute Gasteiger partial charge is 0.382 e. The number of rotatable bonds is 4. The summed E-state index contributed by atoms with van der Waals surface area (Å²) in [6, 6.07) is 14.8. The van der Waals surface area contributed by atoms with E-state index in [9.17, 15) is 0 Å². The molecule has 2 aromatic carbocycles. The van der Waals surface area contributed by atoms with E-state index in [2.05, 4.69) is 58.5 Å². The highest BCUT2D eigenvalue weighted by Gasteiger charge is 2.07. The van der Waals surface area contributed by atoms with E-state index in [1.165, 1.54) is 5.56 Å². The average molecular weight is 339 g/mol. The Balaban J connectivity index is 2.03. The van der Waals surface area contributed by atoms with Crippen LogP contribution in [0.15, 0.2) is 46.9 Å². The van der Waals surface area contributed by atoms with Crippen LogP contribution in [0.3, 0.4) is 0 Å². The third-order valence-corrected chi connectivity index (χ3v) is 4.06. The summed E-state index contributed by atoms with van der Waals surface area (Å²) in [5, 5.41) is 4.32. The van der Waals surface area contributed by atoms with Gasteiger partial charge in [0, 0.05) is 21.2 Å². The highest BCUT2D eigenvalue weighted by molar-refractivity contribution is 9.10. The smallest absolute Gasteiger partial charge is 0.0455 e. The van der Waals surface area contributed by atoms with Crippen LogP contribution in [0.25, 0.3) is 0 Å². The lowest BCUT2D eigenvalue weighted by molar-refractivity contribution is 0.789. The zero-order valence-corrected chi connectivity index (χ0v) is 13.4. The molecule has 0 saturated carbocycles. The number of halogens is 2. The van der Waals surface area contributed by atoms with Crippen LogP contribution in [-0.2, 0) is 6.42 Å². The minimum atomic E-state index is 0.360. The SMILES string of the molecule is Cc1c(Cl)cccc1NC(C)Cc1ccc(Br)cc1. The van der Waals surface area contributed by atoms with E-state index in [4.69, 9.17) is 11.6 Å². The molecule has 0 bridgehead atoms. The van der Waals surface area contributed by atoms with Gasteiger partial charge in [0.05, 0.1) is 0 Å². The summed E-state index contributed by atoms with van der Waals surface area (Å²) in [7, 11) is 0. The van der Waals surface area contributed by atoms with Crippen molar-refractivity contribution in [2.45, 2.75) is 26.3 Å². The first kappa shape index (κ1) is 14.4. The van der Waals surface area contributed by atoms with Gasteiger partial charge in [-0.2, -0.15) is 0 Å². The Hall–Kier alpha value is -0.990. The number of hydrogen-bond acceptors (Lipinski definition) is 1. The van der Waals surface area contributed by atoms with Gasteiger partial charge in [0.15, 0.2) is 0 Å². The van der Waals surface area contributed by atoms with Crippen molar-refractivity contribution in [3.63, 3.8) is 0 Å². The predicted molar refractivity (Wildman–Crippen MR) is 87.1 cm³/mol. The Labute approximate surface area is 128 Å². The molecule has 1 unspecified atom stereocenters. The monoisotopic (exact) mass is 337 g/mol. The second-order valence-corrected chi connectivity index (χ2v) is 6.11. The van der Waals surface area contributed by atoms with Gasteiger partial charge in [-0.15, -0.1) is 0 Å². The fourth-order valence-electron chi connectivity index (χ4n) is 2.05. The molecule has 0 aliphatic rings. The first-order valence-corrected chi connectivity index (χ1v) is 7.49. The van der Waals surface area contributed by atoms with E-state index in [1.54, 1.807) is 0 Å². The van der Waals surface area contributed by atoms with Crippen LogP contribution in [0.1, 0.15) is 18.1 Å². The van der Waals surface area contributed by atoms with Crippen molar-refractivity contribution in [3.05, 3.63) is 63.1 Å². The topological polar surface area (TPSA) is 12.0 Å². The molecule has 3 heteroatoms. The van der Waals surface area contributed by atoms with Crippen molar-refractivity contribution in [1.29, 1.82) is 0 Å². The molecule has 2 rings (SSSR count). The van der Waals surface area contributed by atoms with Gasteiger partial charge in [-0.05, 0) is 55.7 Å². The third-order valence-electron chi connectivity index (χ3n) is 3.12. The van der Waals surface area contributed by atoms with Crippen molar-refractivity contribution in [3.8, 4) is 0 Å². The second-order valence-electron chi connectivity index (χ2n) is 4.79. The Morgan fingerprint density at radius 1 is 1.16 bits per heavy atom. The number of hydrogen-bond donors (Lipinski definition) is 1. The van der Waals surface area contributed by atoms with Gasteiger partial charge >= 0.3 is 0 Å². The Morgan fingerprint density at radius 2 is 1.84 bits per heavy atom. The van der Waals surface area contributed by atoms with Crippen LogP contribution in [-0.4, -0.2) is 6.04 Å². The molecule has 19 heavy (non-hydrogen) atoms. The molecule has 1 nitrogen and oxygen atoms in total. The molecule has 1 N–H and O–H groups in total. The van der Waals surface area contributed by atoms with Crippen molar-refractivity contribution < 1.29 is 0 Å². The normalized spacial score (nSPS) is 12.2. The maximum Gasteiger partial charge on any atom is 0.0455 e. The van der Waals surface area contributed by atoms with Crippen molar-refractivity contribution in [2.24, 2.45) is 0 Å². The van der Waals surface area contributed by atoms with E-state index in [0.29, 0.717) is 6.04 Å². The van der Waals surface area contributed by atoms with E-state index < -0.39 is 0 Å². The molecule has 0 aliphatic heterocycles. The molecule has 0 spiro atoms. The lowest BCUT2D eigenvalue weighted by atomic mass is 10.1. The highest BCUT2D eigenvalue weighted by atomic mass is 79.9. The lowest BCUT2D eigenvalue weighted by Crippen LogP contribution is -2.18. The molecule has 0 saturated heterocycles. The third kappa shape index (κ3) is 3.99. The van der Waals surface area contributed by atoms with Crippen molar-refractivity contribution in [1.82, 2.24) is 0 Å². The average Bonchev–Trinajstić information content (AvgIpc) is 2.38. The molecular weight excluding hydrogens is 322 g/mol. The first-order valence-electron chi connectivity index (χ1n) is 6.32. The van der Waals surface area contributed by atoms with E-state index >= 15 is 0 Å². The summed E-state index contributed by atoms with van der Waals surface area (Å²) in [6.45, 7) is 4.22. The summed E-state index contributed by atoms with van der Waals surface area (Å²) < 4.78 is 1.11. The molecule has 0 fully saturated rings. The summed E-state index contributed by atoms with van der Waals surface area (Å²) >= 11 is 9.58. The molecule has 1 atom stereocenters. The Morgan fingerprint density at radius 3 is 2.53 bits per heavy atom. The van der Waals surface area contributed by atoms with Gasteiger partial charge < -0.3 is 5.32 Å². The zero-order chi connectivity index (χ0) is 13.8. The van der Waals surface area contributed by atoms with Crippen molar-refractivity contribution >= 4 is 33.2 Å². The minimum absolute atomic E-state index is 0.360. The van der Waals surface area contributed by atoms with Crippen LogP contribution in [0.4, 0.5) is 5.69 Å². The Kier molecular flexibility index (Phi) is 4.89. The quantitative estimate of drug-likeness (QED) is 0.781. The Bertz CT molecular complexity index is 551. The second kappa shape index (κ2) is 6.44. The number of benzene rings is 2. The molecule has 0 heterocycles. The molecular formula is C16H17BrClN. The van der Waals surface area contributed by atoms with Crippen LogP contribution < -0.4 is 5.32 Å². The van der Waals surface area contributed by atoms with Crippen LogP contribution in [0, 0.1) is 6.92 Å². The van der Waals surface area contributed by atoms with E-state index in [-0.39, 0.29) is 0 Å². The van der Waals surface area contributed by atoms with Crippen LogP contribution in [0.2, 0.25) is 5.02 Å². The van der Waals surface area contributed by atoms with Gasteiger partial charge in [0.1, 0.15) is 0 Å². The number of nitrogens with one attached hydrogen (secondary N) is 1. The molecule has 0 amide bonds. The molecule has 2 aromatic rings. The summed E-state index contributed by atoms with van der Waals surface area (Å²) in [4.78, 5) is 0. The lowest BCUT2D eigenvalue weighted by Gasteiger charge is -2.17. The molecule has 0 aliphatic carbocycles. The summed E-state index contributed by atoms with van der Waals surface area (Å²) in [6.07, 6.45) is 0.985. The highest BCUT2D eigenvalue weighted by Crippen LogP contribution is 2.24. The van der Waals surface area contributed by atoms with E-state index in [0.717, 1.165) is 27.2 Å². The van der Waals surface area contributed by atoms with Gasteiger partial charge in [0.25, 0.3) is 0 Å². The minimum Gasteiger partial charge on any atom is -0.382 e. The standard InChI is InChI=1S/C16H17BrClN/c1-11(10-13-6-8-14(17)9-7-13)19-16-5-3-4-15(18)12(16)2/h3-9,11,19H,10H2,1-2H3. The molecule has 0 aromatic heterocycles. The van der Waals surface area contributed by atoms with Crippen LogP contribution >= 0.6 is 27.5 Å². The predicted octanol–water partition coefficient (Wildman–Crippen LogP) is 5.45. The van der Waals surface area contributed by atoms with Gasteiger partial charge in [-0.25, -0.2) is 0 Å². The molecule has 100 valence electrons. The van der Waals surface area contributed by atoms with E-state index in [1.807, 2.05) is 19.1 Å². The molecule has 0 radical (unpaired) electrons. The fourth-order valence-corrected chi connectivity index (χ4v) is 2.49. The van der Waals surface area contributed by atoms with Gasteiger partial charge in [-0.1, -0.05) is 45.7 Å². The fraction of sp³-hybridized carbons (Fsp3) is 0.250. The summed E-state index contributed by atoms with van der Waals surface area (Å²) in [5.74, 6) is 0.